The first-order valence-electron chi connectivity index (χ1n) is 22.0. The Morgan fingerprint density at radius 3 is 0.738 bits per heavy atom. The van der Waals surface area contributed by atoms with E-state index in [9.17, 15) is 0 Å². The molecule has 0 unspecified atom stereocenters. The molecule has 61 heavy (non-hydrogen) atoms. The topological polar surface area (TPSA) is 83.6 Å². The minimum Gasteiger partial charge on any atom is -0.687 e. The summed E-state index contributed by atoms with van der Waals surface area (Å²) in [5.74, 6) is 2.18. The Labute approximate surface area is 429 Å². The van der Waals surface area contributed by atoms with Crippen LogP contribution < -0.4 is 51.4 Å². The van der Waals surface area contributed by atoms with Gasteiger partial charge in [-0.1, -0.05) is 189 Å². The summed E-state index contributed by atoms with van der Waals surface area (Å²) in [4.78, 5) is 10.1. The van der Waals surface area contributed by atoms with Crippen molar-refractivity contribution < 1.29 is 96.9 Å². The van der Waals surface area contributed by atoms with Gasteiger partial charge in [0.1, 0.15) is 0 Å². The molecule has 0 amide bonds. The number of hydrogen-bond acceptors (Lipinski definition) is 6. The monoisotopic (exact) mass is 947 g/mol. The fourth-order valence-electron chi connectivity index (χ4n) is 5.81. The minimum absolute atomic E-state index is 0. The van der Waals surface area contributed by atoms with E-state index < -0.39 is 16.5 Å². The maximum Gasteiger partial charge on any atom is 1.00 e. The number of benzene rings is 3. The predicted molar refractivity (Wildman–Crippen MR) is 258 cm³/mol. The summed E-state index contributed by atoms with van der Waals surface area (Å²) in [5.41, 5.74) is 9.48. The predicted octanol–water partition coefficient (Wildman–Crippen LogP) is 10.6. The third-order valence-corrected chi connectivity index (χ3v) is 10.5. The smallest absolute Gasteiger partial charge is 0.687 e. The Hall–Kier alpha value is -0.390. The Bertz CT molecular complexity index is 1300. The molecule has 1 aliphatic rings. The van der Waals surface area contributed by atoms with E-state index in [1.54, 1.807) is 0 Å². The number of aryl methyl sites for hydroxylation is 1. The van der Waals surface area contributed by atoms with Crippen molar-refractivity contribution in [1.82, 2.24) is 0 Å². The second-order valence-corrected chi connectivity index (χ2v) is 27.2. The van der Waals surface area contributed by atoms with Gasteiger partial charge < -0.3 is 38.4 Å². The van der Waals surface area contributed by atoms with E-state index in [1.807, 2.05) is 18.2 Å². The van der Waals surface area contributed by atoms with E-state index in [0.717, 1.165) is 0 Å². The van der Waals surface area contributed by atoms with Crippen LogP contribution in [0, 0.1) is 6.92 Å². The molecular formula is C49H84FeKN2O6Si2-. The van der Waals surface area contributed by atoms with Crippen LogP contribution in [0.1, 0.15) is 107 Å². The van der Waals surface area contributed by atoms with Gasteiger partial charge in [-0.2, -0.15) is 0 Å². The molecule has 1 heterocycles. The van der Waals surface area contributed by atoms with Gasteiger partial charge in [0.15, 0.2) is 0 Å². The largest absolute Gasteiger partial charge is 1.00 e. The van der Waals surface area contributed by atoms with Gasteiger partial charge in [-0.25, -0.2) is 0 Å². The minimum atomic E-state index is -1.43. The zero-order valence-corrected chi connectivity index (χ0v) is 47.6. The Balaban J connectivity index is 0. The van der Waals surface area contributed by atoms with E-state index in [1.165, 1.54) is 39.2 Å². The number of hydrogen-bond donors (Lipinski definition) is 0. The molecule has 1 aliphatic heterocycles. The zero-order valence-electron chi connectivity index (χ0n) is 41.3. The molecule has 1 fully saturated rings. The van der Waals surface area contributed by atoms with Gasteiger partial charge in [-0.05, 0) is 47.1 Å². The fraction of sp³-hybridized carbons (Fsp3) is 0.633. The van der Waals surface area contributed by atoms with Crippen LogP contribution in [0.15, 0.2) is 66.7 Å². The molecule has 0 saturated carbocycles. The van der Waals surface area contributed by atoms with Gasteiger partial charge >= 0.3 is 51.4 Å². The molecule has 3 aromatic rings. The zero-order chi connectivity index (χ0) is 44.3. The van der Waals surface area contributed by atoms with Crippen molar-refractivity contribution in [2.24, 2.45) is 0 Å². The molecule has 0 N–H and O–H groups in total. The van der Waals surface area contributed by atoms with Crippen LogP contribution in [0.5, 0.6) is 0 Å². The summed E-state index contributed by atoms with van der Waals surface area (Å²) in [7, 11) is -2.86. The van der Waals surface area contributed by atoms with Crippen molar-refractivity contribution in [3.8, 4) is 0 Å². The first-order valence-corrected chi connectivity index (χ1v) is 28.9. The molecule has 344 valence electrons. The molecule has 0 bridgehead atoms. The van der Waals surface area contributed by atoms with Crippen LogP contribution in [-0.2, 0) is 45.5 Å². The standard InChI is InChI=1S/2C15H26NSi.C12H24O6.C7H8.Fe.K/c2*1-11(2)13-9-8-10-14(12(3)4)15(13)16-17(5,6)7;1-2-14-5-6-16-9-10-18-12-11-17-8-7-15-4-3-13-1;1-7-5-3-2-4-6-7;;/h2*8-12H,1-7H3;1-12H2;2-6H,1H3;;/q2*-1;;;;+1. The van der Waals surface area contributed by atoms with Gasteiger partial charge in [0.05, 0.1) is 79.3 Å². The van der Waals surface area contributed by atoms with Crippen LogP contribution in [-0.4, -0.2) is 95.8 Å². The molecule has 12 heteroatoms. The van der Waals surface area contributed by atoms with Crippen molar-refractivity contribution in [3.63, 3.8) is 0 Å². The van der Waals surface area contributed by atoms with Crippen molar-refractivity contribution >= 4 is 27.8 Å². The summed E-state index contributed by atoms with van der Waals surface area (Å²) in [6.45, 7) is 40.9. The van der Waals surface area contributed by atoms with E-state index in [4.69, 9.17) is 38.4 Å². The summed E-state index contributed by atoms with van der Waals surface area (Å²) in [5, 5.41) is 0. The van der Waals surface area contributed by atoms with Crippen molar-refractivity contribution in [2.45, 2.75) is 125 Å². The van der Waals surface area contributed by atoms with Gasteiger partial charge in [0.25, 0.3) is 0 Å². The Kier molecular flexibility index (Phi) is 36.8. The molecule has 0 aliphatic carbocycles. The quantitative estimate of drug-likeness (QED) is 0.209. The average Bonchev–Trinajstić information content (AvgIpc) is 3.14. The van der Waals surface area contributed by atoms with Crippen molar-refractivity contribution in [3.05, 3.63) is 105 Å². The van der Waals surface area contributed by atoms with Crippen LogP contribution in [0.25, 0.3) is 9.96 Å². The molecule has 3 aromatic carbocycles. The maximum atomic E-state index is 5.33. The maximum absolute atomic E-state index is 5.33. The Morgan fingerprint density at radius 1 is 0.377 bits per heavy atom. The third-order valence-electron chi connectivity index (χ3n) is 8.75. The summed E-state index contributed by atoms with van der Waals surface area (Å²) < 4.78 is 32.0. The van der Waals surface area contributed by atoms with Crippen LogP contribution in [0.2, 0.25) is 39.3 Å². The van der Waals surface area contributed by atoms with E-state index in [2.05, 4.69) is 150 Å². The molecule has 0 radical (unpaired) electrons. The van der Waals surface area contributed by atoms with Gasteiger partial charge in [0.2, 0.25) is 0 Å². The normalized spacial score (nSPS) is 14.9. The van der Waals surface area contributed by atoms with Gasteiger partial charge in [-0.3, -0.25) is 0 Å². The van der Waals surface area contributed by atoms with Crippen LogP contribution >= 0.6 is 0 Å². The summed E-state index contributed by atoms with van der Waals surface area (Å²) >= 11 is 0. The Morgan fingerprint density at radius 2 is 0.590 bits per heavy atom. The van der Waals surface area contributed by atoms with Crippen LogP contribution in [0.4, 0.5) is 11.4 Å². The summed E-state index contributed by atoms with van der Waals surface area (Å²) in [6, 6.07) is 23.5. The van der Waals surface area contributed by atoms with Crippen LogP contribution in [0.3, 0.4) is 0 Å². The molecule has 0 aromatic heterocycles. The van der Waals surface area contributed by atoms with Gasteiger partial charge in [0, 0.05) is 17.1 Å². The van der Waals surface area contributed by atoms with Gasteiger partial charge in [-0.15, -0.1) is 11.4 Å². The second-order valence-electron chi connectivity index (χ2n) is 18.1. The molecule has 0 atom stereocenters. The first kappa shape index (κ1) is 62.7. The third kappa shape index (κ3) is 31.2. The fourth-order valence-corrected chi connectivity index (χ4v) is 7.66. The number of nitrogens with zero attached hydrogens (tertiary/aromatic N) is 2. The molecule has 8 nitrogen and oxygen atoms in total. The molecule has 0 spiro atoms. The molecular weight excluding hydrogens is 864 g/mol. The number of rotatable bonds is 8. The summed E-state index contributed by atoms with van der Waals surface area (Å²) in [6.07, 6.45) is 0. The molecule has 4 rings (SSSR count). The number of ether oxygens (including phenoxy) is 6. The van der Waals surface area contributed by atoms with Crippen molar-refractivity contribution in [1.29, 1.82) is 0 Å². The molecule has 1 saturated heterocycles. The second kappa shape index (κ2) is 35.8. The van der Waals surface area contributed by atoms with E-state index >= 15 is 0 Å². The SMILES string of the molecule is C1COCCOCCOCCOCCOCCO1.CC(C)c1cccc(C(C)C)c1[N-][Si](C)(C)C.CC(C)c1cccc(C(C)C)c1[N-][Si](C)(C)C.Cc1ccccc1.[Fe].[K+]. The van der Waals surface area contributed by atoms with E-state index in [-0.39, 0.29) is 68.5 Å². The van der Waals surface area contributed by atoms with E-state index in [0.29, 0.717) is 103 Å². The average molecular weight is 948 g/mol. The van der Waals surface area contributed by atoms with Crippen molar-refractivity contribution in [2.75, 3.05) is 79.3 Å². The first-order chi connectivity index (χ1) is 27.8.